The third-order valence-electron chi connectivity index (χ3n) is 3.78. The Balaban J connectivity index is 1.83. The van der Waals surface area contributed by atoms with Crippen molar-refractivity contribution in [2.24, 2.45) is 0 Å². The van der Waals surface area contributed by atoms with Gasteiger partial charge in [0.1, 0.15) is 18.3 Å². The second kappa shape index (κ2) is 5.62. The smallest absolute Gasteiger partial charge is 0.227 e. The predicted octanol–water partition coefficient (Wildman–Crippen LogP) is -0.486. The fourth-order valence-electron chi connectivity index (χ4n) is 2.58. The monoisotopic (exact) mass is 298 g/mol. The van der Waals surface area contributed by atoms with Gasteiger partial charge in [0.2, 0.25) is 5.79 Å². The Bertz CT molecular complexity index is 477. The normalized spacial score (nSPS) is 43.3. The van der Waals surface area contributed by atoms with Crippen molar-refractivity contribution in [2.45, 2.75) is 36.7 Å². The molecule has 3 rings (SSSR count). The Labute approximate surface area is 121 Å². The molecule has 2 aliphatic heterocycles. The van der Waals surface area contributed by atoms with Gasteiger partial charge in [0.15, 0.2) is 12.6 Å². The molecule has 7 heteroatoms. The summed E-state index contributed by atoms with van der Waals surface area (Å²) in [6.07, 6.45) is -5.86. The van der Waals surface area contributed by atoms with Crippen LogP contribution in [-0.4, -0.2) is 59.4 Å². The number of hydrogen-bond donors (Lipinski definition) is 3. The number of rotatable bonds is 2. The molecule has 0 radical (unpaired) electrons. The maximum Gasteiger partial charge on any atom is 0.227 e. The lowest BCUT2D eigenvalue weighted by molar-refractivity contribution is -0.452. The van der Waals surface area contributed by atoms with E-state index in [4.69, 9.17) is 18.9 Å². The van der Waals surface area contributed by atoms with Gasteiger partial charge in [0, 0.05) is 12.7 Å². The predicted molar refractivity (Wildman–Crippen MR) is 68.9 cm³/mol. The molecule has 1 aromatic rings. The molecule has 2 fully saturated rings. The first-order chi connectivity index (χ1) is 10.1. The van der Waals surface area contributed by atoms with E-state index in [2.05, 4.69) is 0 Å². The first-order valence-corrected chi connectivity index (χ1v) is 6.67. The van der Waals surface area contributed by atoms with Crippen LogP contribution in [0.5, 0.6) is 0 Å². The lowest BCUT2D eigenvalue weighted by atomic mass is 9.94. The molecule has 0 spiro atoms. The Morgan fingerprint density at radius 2 is 1.95 bits per heavy atom. The van der Waals surface area contributed by atoms with Crippen molar-refractivity contribution in [3.8, 4) is 0 Å². The molecule has 3 N–H and O–H groups in total. The summed E-state index contributed by atoms with van der Waals surface area (Å²) in [7, 11) is 1.34. The van der Waals surface area contributed by atoms with Crippen molar-refractivity contribution in [3.63, 3.8) is 0 Å². The van der Waals surface area contributed by atoms with Crippen LogP contribution in [0.3, 0.4) is 0 Å². The average Bonchev–Trinajstić information content (AvgIpc) is 2.52. The average molecular weight is 298 g/mol. The number of fused-ring (bicyclic) bond motifs is 1. The molecule has 2 saturated heterocycles. The number of aliphatic hydroxyl groups excluding tert-OH is 2. The van der Waals surface area contributed by atoms with Crippen LogP contribution >= 0.6 is 0 Å². The van der Waals surface area contributed by atoms with E-state index < -0.39 is 36.7 Å². The van der Waals surface area contributed by atoms with Crippen LogP contribution in [0, 0.1) is 0 Å². The second-order valence-corrected chi connectivity index (χ2v) is 5.11. The van der Waals surface area contributed by atoms with Gasteiger partial charge < -0.3 is 34.3 Å². The van der Waals surface area contributed by atoms with Gasteiger partial charge in [-0.3, -0.25) is 0 Å². The van der Waals surface area contributed by atoms with Crippen molar-refractivity contribution in [1.82, 2.24) is 0 Å². The van der Waals surface area contributed by atoms with Gasteiger partial charge in [-0.15, -0.1) is 0 Å². The molecule has 116 valence electrons. The number of benzene rings is 1. The summed E-state index contributed by atoms with van der Waals surface area (Å²) >= 11 is 0. The Hall–Kier alpha value is -1.06. The van der Waals surface area contributed by atoms with E-state index >= 15 is 0 Å². The van der Waals surface area contributed by atoms with Crippen LogP contribution in [-0.2, 0) is 18.9 Å². The molecule has 7 nitrogen and oxygen atoms in total. The molecule has 0 aromatic heterocycles. The molecule has 1 aromatic carbocycles. The van der Waals surface area contributed by atoms with Crippen molar-refractivity contribution in [1.29, 1.82) is 0 Å². The molecule has 0 saturated carbocycles. The van der Waals surface area contributed by atoms with Gasteiger partial charge in [0.25, 0.3) is 0 Å². The van der Waals surface area contributed by atoms with Gasteiger partial charge >= 0.3 is 0 Å². The van der Waals surface area contributed by atoms with Crippen molar-refractivity contribution < 1.29 is 34.3 Å². The molecule has 6 atom stereocenters. The van der Waals surface area contributed by atoms with Gasteiger partial charge in [-0.1, -0.05) is 30.3 Å². The maximum absolute atomic E-state index is 10.6. The minimum Gasteiger partial charge on any atom is -0.385 e. The SMILES string of the molecule is CO[C@@H]1O[C@H]2CO[C@H](c3ccccc3)O[C@]2(O)[C@@H](O)[C@H]1O. The first-order valence-electron chi connectivity index (χ1n) is 6.67. The summed E-state index contributed by atoms with van der Waals surface area (Å²) < 4.78 is 21.3. The fourth-order valence-corrected chi connectivity index (χ4v) is 2.58. The van der Waals surface area contributed by atoms with E-state index in [1.165, 1.54) is 7.11 Å². The van der Waals surface area contributed by atoms with Crippen LogP contribution in [0.1, 0.15) is 11.9 Å². The Morgan fingerprint density at radius 1 is 1.24 bits per heavy atom. The number of aliphatic hydroxyl groups is 3. The summed E-state index contributed by atoms with van der Waals surface area (Å²) in [5, 5.41) is 30.7. The van der Waals surface area contributed by atoms with E-state index in [1.54, 1.807) is 12.1 Å². The largest absolute Gasteiger partial charge is 0.385 e. The molecule has 0 unspecified atom stereocenters. The van der Waals surface area contributed by atoms with Crippen LogP contribution < -0.4 is 0 Å². The first kappa shape index (κ1) is 14.9. The quantitative estimate of drug-likeness (QED) is 0.678. The molecular formula is C14H18O7. The number of ether oxygens (including phenoxy) is 4. The standard InChI is InChI=1S/C14H18O7/c1-18-13-10(15)11(16)14(17)9(20-13)7-19-12(21-14)8-5-3-2-4-6-8/h2-6,9-13,15-17H,7H2,1H3/t9-,10+,11-,12-,13+,14-/m0/s1. The molecule has 0 bridgehead atoms. The van der Waals surface area contributed by atoms with Crippen LogP contribution in [0.4, 0.5) is 0 Å². The number of hydrogen-bond acceptors (Lipinski definition) is 7. The molecule has 0 amide bonds. The third-order valence-corrected chi connectivity index (χ3v) is 3.78. The number of methoxy groups -OCH3 is 1. The van der Waals surface area contributed by atoms with E-state index in [0.29, 0.717) is 5.56 Å². The zero-order valence-corrected chi connectivity index (χ0v) is 11.5. The topological polar surface area (TPSA) is 97.6 Å². The summed E-state index contributed by atoms with van der Waals surface area (Å²) in [6, 6.07) is 9.01. The Kier molecular flexibility index (Phi) is 3.98. The van der Waals surface area contributed by atoms with Gasteiger partial charge in [0.05, 0.1) is 6.61 Å². The van der Waals surface area contributed by atoms with Gasteiger partial charge in [-0.25, -0.2) is 0 Å². The molecule has 2 aliphatic rings. The van der Waals surface area contributed by atoms with E-state index in [0.717, 1.165) is 0 Å². The maximum atomic E-state index is 10.6. The summed E-state index contributed by atoms with van der Waals surface area (Å²) in [4.78, 5) is 0. The molecule has 21 heavy (non-hydrogen) atoms. The summed E-state index contributed by atoms with van der Waals surface area (Å²) in [5.74, 6) is -2.06. The third kappa shape index (κ3) is 2.47. The summed E-state index contributed by atoms with van der Waals surface area (Å²) in [5.41, 5.74) is 0.694. The van der Waals surface area contributed by atoms with Gasteiger partial charge in [-0.05, 0) is 0 Å². The van der Waals surface area contributed by atoms with Gasteiger partial charge in [-0.2, -0.15) is 0 Å². The summed E-state index contributed by atoms with van der Waals surface area (Å²) in [6.45, 7) is -0.000297. The van der Waals surface area contributed by atoms with E-state index in [-0.39, 0.29) is 6.61 Å². The minimum atomic E-state index is -2.06. The van der Waals surface area contributed by atoms with E-state index in [1.807, 2.05) is 18.2 Å². The highest BCUT2D eigenvalue weighted by Crippen LogP contribution is 2.39. The lowest BCUT2D eigenvalue weighted by Crippen LogP contribution is -2.70. The van der Waals surface area contributed by atoms with Crippen molar-refractivity contribution in [3.05, 3.63) is 35.9 Å². The van der Waals surface area contributed by atoms with Crippen molar-refractivity contribution >= 4 is 0 Å². The molecule has 0 aliphatic carbocycles. The lowest BCUT2D eigenvalue weighted by Gasteiger charge is -2.50. The highest BCUT2D eigenvalue weighted by molar-refractivity contribution is 5.17. The molecular weight excluding hydrogens is 280 g/mol. The van der Waals surface area contributed by atoms with Crippen LogP contribution in [0.25, 0.3) is 0 Å². The molecule has 2 heterocycles. The highest BCUT2D eigenvalue weighted by atomic mass is 16.8. The zero-order chi connectivity index (χ0) is 15.0. The Morgan fingerprint density at radius 3 is 2.62 bits per heavy atom. The highest BCUT2D eigenvalue weighted by Gasteiger charge is 2.59. The van der Waals surface area contributed by atoms with Crippen LogP contribution in [0.2, 0.25) is 0 Å². The fraction of sp³-hybridized carbons (Fsp3) is 0.571. The van der Waals surface area contributed by atoms with E-state index in [9.17, 15) is 15.3 Å². The zero-order valence-electron chi connectivity index (χ0n) is 11.5. The van der Waals surface area contributed by atoms with Crippen LogP contribution in [0.15, 0.2) is 30.3 Å². The second-order valence-electron chi connectivity index (χ2n) is 5.11. The minimum absolute atomic E-state index is 0.000297. The van der Waals surface area contributed by atoms with Crippen molar-refractivity contribution in [2.75, 3.05) is 13.7 Å².